The normalized spacial score (nSPS) is 13.6. The summed E-state index contributed by atoms with van der Waals surface area (Å²) in [5.41, 5.74) is 1.04. The predicted molar refractivity (Wildman–Crippen MR) is 75.6 cm³/mol. The first-order chi connectivity index (χ1) is 8.21. The summed E-state index contributed by atoms with van der Waals surface area (Å²) in [4.78, 5) is 2.38. The number of hydrogen-bond acceptors (Lipinski definition) is 3. The van der Waals surface area contributed by atoms with Crippen LogP contribution in [0.4, 0.5) is 0 Å². The van der Waals surface area contributed by atoms with Crippen molar-refractivity contribution in [3.05, 3.63) is 41.4 Å². The van der Waals surface area contributed by atoms with Crippen molar-refractivity contribution in [1.29, 1.82) is 0 Å². The number of halogens is 1. The molecule has 1 aromatic carbocycles. The number of likely N-dealkylation sites (N-methyl/N-ethyl adjacent to an activating group) is 1. The summed E-state index contributed by atoms with van der Waals surface area (Å²) < 4.78 is 22.7. The fraction of sp³-hybridized carbons (Fsp3) is 0.385. The van der Waals surface area contributed by atoms with Gasteiger partial charge in [-0.3, -0.25) is 4.90 Å². The number of rotatable bonds is 5. The van der Waals surface area contributed by atoms with Crippen molar-refractivity contribution in [3.8, 4) is 0 Å². The fourth-order valence-electron chi connectivity index (χ4n) is 1.66. The third-order valence-corrected chi connectivity index (χ3v) is 4.12. The molecule has 1 rings (SSSR count). The molecular formula is C13H18ClNO2S. The Morgan fingerprint density at radius 2 is 1.89 bits per heavy atom. The lowest BCUT2D eigenvalue weighted by Gasteiger charge is -2.24. The highest BCUT2D eigenvalue weighted by atomic mass is 35.5. The lowest BCUT2D eigenvalue weighted by atomic mass is 10.1. The molecule has 3 nitrogen and oxygen atoms in total. The first-order valence-corrected chi connectivity index (χ1v) is 7.82. The summed E-state index contributed by atoms with van der Waals surface area (Å²) in [6.07, 6.45) is 1.20. The largest absolute Gasteiger partial charge is 0.295 e. The lowest BCUT2D eigenvalue weighted by molar-refractivity contribution is 0.287. The van der Waals surface area contributed by atoms with Crippen LogP contribution in [-0.4, -0.2) is 33.2 Å². The smallest absolute Gasteiger partial charge is 0.175 e. The quantitative estimate of drug-likeness (QED) is 0.836. The number of hydrogen-bond donors (Lipinski definition) is 0. The van der Waals surface area contributed by atoms with E-state index in [1.54, 1.807) is 12.1 Å². The maximum atomic E-state index is 11.4. The number of benzene rings is 1. The van der Waals surface area contributed by atoms with E-state index in [1.165, 1.54) is 6.26 Å². The van der Waals surface area contributed by atoms with Gasteiger partial charge in [0, 0.05) is 23.9 Å². The first kappa shape index (κ1) is 15.2. The molecule has 18 heavy (non-hydrogen) atoms. The van der Waals surface area contributed by atoms with E-state index in [1.807, 2.05) is 31.0 Å². The average Bonchev–Trinajstić information content (AvgIpc) is 2.26. The van der Waals surface area contributed by atoms with Crippen LogP contribution in [0.3, 0.4) is 0 Å². The molecule has 100 valence electrons. The molecule has 0 aliphatic heterocycles. The molecule has 0 radical (unpaired) electrons. The van der Waals surface area contributed by atoms with Gasteiger partial charge >= 0.3 is 0 Å². The van der Waals surface area contributed by atoms with Crippen molar-refractivity contribution in [2.45, 2.75) is 17.9 Å². The summed E-state index contributed by atoms with van der Waals surface area (Å²) in [6, 6.07) is 7.06. The van der Waals surface area contributed by atoms with Crippen LogP contribution in [0.1, 0.15) is 18.5 Å². The maximum absolute atomic E-state index is 11.4. The Kier molecular flexibility index (Phi) is 4.96. The van der Waals surface area contributed by atoms with Gasteiger partial charge in [-0.2, -0.15) is 0 Å². The highest BCUT2D eigenvalue weighted by molar-refractivity contribution is 7.90. The highest BCUT2D eigenvalue weighted by Crippen LogP contribution is 2.21. The predicted octanol–water partition coefficient (Wildman–Crippen LogP) is 2.84. The van der Waals surface area contributed by atoms with Gasteiger partial charge in [-0.05, 0) is 31.7 Å². The molecule has 0 bridgehead atoms. The van der Waals surface area contributed by atoms with E-state index in [4.69, 9.17) is 11.6 Å². The summed E-state index contributed by atoms with van der Waals surface area (Å²) in [6.45, 7) is 6.29. The first-order valence-electron chi connectivity index (χ1n) is 5.55. The van der Waals surface area contributed by atoms with Crippen molar-refractivity contribution in [1.82, 2.24) is 4.90 Å². The van der Waals surface area contributed by atoms with Crippen molar-refractivity contribution in [3.63, 3.8) is 0 Å². The second kappa shape index (κ2) is 5.87. The van der Waals surface area contributed by atoms with E-state index in [0.29, 0.717) is 16.5 Å². The molecule has 1 unspecified atom stereocenters. The van der Waals surface area contributed by atoms with Crippen LogP contribution in [0.15, 0.2) is 40.8 Å². The molecule has 0 N–H and O–H groups in total. The van der Waals surface area contributed by atoms with Crippen LogP contribution in [0.2, 0.25) is 0 Å². The van der Waals surface area contributed by atoms with E-state index >= 15 is 0 Å². The molecule has 5 heteroatoms. The molecule has 0 saturated carbocycles. The molecule has 0 heterocycles. The molecule has 1 atom stereocenters. The van der Waals surface area contributed by atoms with E-state index in [0.717, 1.165) is 5.56 Å². The third-order valence-electron chi connectivity index (χ3n) is 2.87. The van der Waals surface area contributed by atoms with Gasteiger partial charge in [-0.1, -0.05) is 30.3 Å². The second-order valence-electron chi connectivity index (χ2n) is 4.45. The Morgan fingerprint density at radius 3 is 2.28 bits per heavy atom. The molecule has 0 aliphatic rings. The van der Waals surface area contributed by atoms with Crippen LogP contribution in [-0.2, 0) is 9.84 Å². The van der Waals surface area contributed by atoms with Crippen molar-refractivity contribution in [2.24, 2.45) is 0 Å². The number of nitrogens with zero attached hydrogens (tertiary/aromatic N) is 1. The van der Waals surface area contributed by atoms with Gasteiger partial charge in [-0.25, -0.2) is 8.42 Å². The van der Waals surface area contributed by atoms with Crippen LogP contribution >= 0.6 is 11.6 Å². The van der Waals surface area contributed by atoms with Gasteiger partial charge in [0.15, 0.2) is 9.84 Å². The van der Waals surface area contributed by atoms with E-state index in [2.05, 4.69) is 6.58 Å². The van der Waals surface area contributed by atoms with Crippen LogP contribution < -0.4 is 0 Å². The molecule has 0 aromatic heterocycles. The highest BCUT2D eigenvalue weighted by Gasteiger charge is 2.13. The Morgan fingerprint density at radius 1 is 1.39 bits per heavy atom. The van der Waals surface area contributed by atoms with Gasteiger partial charge < -0.3 is 0 Å². The third kappa shape index (κ3) is 4.12. The van der Waals surface area contributed by atoms with Gasteiger partial charge in [0.25, 0.3) is 0 Å². The van der Waals surface area contributed by atoms with Crippen molar-refractivity contribution < 1.29 is 8.42 Å². The Hall–Kier alpha value is -0.840. The van der Waals surface area contributed by atoms with E-state index in [9.17, 15) is 8.42 Å². The Labute approximate surface area is 114 Å². The average molecular weight is 288 g/mol. The molecule has 0 saturated heterocycles. The molecule has 1 aromatic rings. The minimum Gasteiger partial charge on any atom is -0.295 e. The minimum atomic E-state index is -3.13. The van der Waals surface area contributed by atoms with Gasteiger partial charge in [0.05, 0.1) is 4.90 Å². The monoisotopic (exact) mass is 287 g/mol. The zero-order valence-electron chi connectivity index (χ0n) is 10.9. The summed E-state index contributed by atoms with van der Waals surface area (Å²) in [7, 11) is -1.19. The van der Waals surface area contributed by atoms with E-state index < -0.39 is 9.84 Å². The standard InChI is InChI=1S/C13H18ClNO2S/c1-10(14)9-15(3)11(2)12-5-7-13(8-6-12)18(4,16)17/h5-8,11H,1,9H2,2-4H3. The SMILES string of the molecule is C=C(Cl)CN(C)C(C)c1ccc(S(C)(=O)=O)cc1. The molecule has 0 aliphatic carbocycles. The summed E-state index contributed by atoms with van der Waals surface area (Å²) >= 11 is 5.77. The number of sulfone groups is 1. The van der Waals surface area contributed by atoms with Crippen LogP contribution in [0.25, 0.3) is 0 Å². The van der Waals surface area contributed by atoms with Gasteiger partial charge in [0.2, 0.25) is 0 Å². The van der Waals surface area contributed by atoms with Gasteiger partial charge in [0.1, 0.15) is 0 Å². The molecule has 0 amide bonds. The molecule has 0 fully saturated rings. The topological polar surface area (TPSA) is 37.4 Å². The maximum Gasteiger partial charge on any atom is 0.175 e. The van der Waals surface area contributed by atoms with Crippen molar-refractivity contribution >= 4 is 21.4 Å². The van der Waals surface area contributed by atoms with Crippen LogP contribution in [0.5, 0.6) is 0 Å². The zero-order chi connectivity index (χ0) is 13.9. The fourth-order valence-corrected chi connectivity index (χ4v) is 2.47. The van der Waals surface area contributed by atoms with Gasteiger partial charge in [-0.15, -0.1) is 0 Å². The Balaban J connectivity index is 2.88. The second-order valence-corrected chi connectivity index (χ2v) is 7.00. The minimum absolute atomic E-state index is 0.147. The van der Waals surface area contributed by atoms with Crippen molar-refractivity contribution in [2.75, 3.05) is 19.8 Å². The summed E-state index contributed by atoms with van der Waals surface area (Å²) in [5, 5.41) is 0.581. The lowest BCUT2D eigenvalue weighted by Crippen LogP contribution is -2.23. The zero-order valence-corrected chi connectivity index (χ0v) is 12.4. The molecular weight excluding hydrogens is 270 g/mol. The Bertz CT molecular complexity index is 522. The van der Waals surface area contributed by atoms with E-state index in [-0.39, 0.29) is 6.04 Å². The van der Waals surface area contributed by atoms with Crippen LogP contribution in [0, 0.1) is 0 Å². The molecule has 0 spiro atoms. The summed E-state index contributed by atoms with van der Waals surface area (Å²) in [5.74, 6) is 0.